The van der Waals surface area contributed by atoms with E-state index >= 15 is 0 Å². The number of carbonyl (C=O) groups excluding carboxylic acids is 1. The number of benzene rings is 1. The quantitative estimate of drug-likeness (QED) is 0.831. The molecule has 2 aromatic rings. The first kappa shape index (κ1) is 13.0. The first-order valence-corrected chi connectivity index (χ1v) is 5.83. The van der Waals surface area contributed by atoms with E-state index < -0.39 is 5.82 Å². The van der Waals surface area contributed by atoms with Crippen molar-refractivity contribution in [2.45, 2.75) is 13.0 Å². The van der Waals surface area contributed by atoms with Gasteiger partial charge in [-0.05, 0) is 36.8 Å². The van der Waals surface area contributed by atoms with Crippen molar-refractivity contribution in [3.05, 3.63) is 59.7 Å². The second-order valence-electron chi connectivity index (χ2n) is 4.22. The molecule has 98 valence electrons. The maximum absolute atomic E-state index is 13.0. The monoisotopic (exact) mass is 259 g/mol. The lowest BCUT2D eigenvalue weighted by molar-refractivity contribution is 0.0940. The van der Waals surface area contributed by atoms with Crippen LogP contribution in [-0.4, -0.2) is 10.9 Å². The second-order valence-corrected chi connectivity index (χ2v) is 4.22. The van der Waals surface area contributed by atoms with Crippen LogP contribution in [0, 0.1) is 5.82 Å². The van der Waals surface area contributed by atoms with E-state index in [1.807, 2.05) is 13.0 Å². The minimum absolute atomic E-state index is 0.0401. The molecule has 4 nitrogen and oxygen atoms in total. The van der Waals surface area contributed by atoms with E-state index in [0.717, 1.165) is 5.56 Å². The predicted octanol–water partition coefficient (Wildman–Crippen LogP) is 2.29. The van der Waals surface area contributed by atoms with Crippen molar-refractivity contribution in [1.29, 1.82) is 0 Å². The number of halogens is 1. The normalized spacial score (nSPS) is 11.9. The Morgan fingerprint density at radius 3 is 2.84 bits per heavy atom. The van der Waals surface area contributed by atoms with E-state index in [1.54, 1.807) is 18.5 Å². The molecule has 2 rings (SSSR count). The maximum Gasteiger partial charge on any atom is 0.251 e. The lowest BCUT2D eigenvalue weighted by Gasteiger charge is -2.14. The standard InChI is InChI=1S/C14H14FN3O/c1-9(11-3-2-6-17-8-11)18-14(19)10-4-5-12(15)13(16)7-10/h2-9H,16H2,1H3,(H,18,19). The third-order valence-corrected chi connectivity index (χ3v) is 2.79. The topological polar surface area (TPSA) is 68.0 Å². The molecule has 0 aliphatic rings. The van der Waals surface area contributed by atoms with Crippen LogP contribution in [0.1, 0.15) is 28.9 Å². The van der Waals surface area contributed by atoms with E-state index in [4.69, 9.17) is 5.73 Å². The van der Waals surface area contributed by atoms with Crippen LogP contribution in [0.25, 0.3) is 0 Å². The number of anilines is 1. The molecule has 1 amide bonds. The summed E-state index contributed by atoms with van der Waals surface area (Å²) in [6.45, 7) is 1.85. The summed E-state index contributed by atoms with van der Waals surface area (Å²) in [4.78, 5) is 16.0. The molecule has 0 saturated heterocycles. The summed E-state index contributed by atoms with van der Waals surface area (Å²) in [6, 6.07) is 7.38. The van der Waals surface area contributed by atoms with Gasteiger partial charge in [0.1, 0.15) is 5.82 Å². The number of amides is 1. The fraction of sp³-hybridized carbons (Fsp3) is 0.143. The van der Waals surface area contributed by atoms with Crippen LogP contribution in [0.2, 0.25) is 0 Å². The molecule has 1 heterocycles. The van der Waals surface area contributed by atoms with Gasteiger partial charge in [-0.1, -0.05) is 6.07 Å². The van der Waals surface area contributed by atoms with Crippen LogP contribution < -0.4 is 11.1 Å². The lowest BCUT2D eigenvalue weighted by Crippen LogP contribution is -2.26. The van der Waals surface area contributed by atoms with Crippen LogP contribution in [0.15, 0.2) is 42.7 Å². The molecular weight excluding hydrogens is 245 g/mol. The van der Waals surface area contributed by atoms with Crippen molar-refractivity contribution in [3.63, 3.8) is 0 Å². The van der Waals surface area contributed by atoms with Crippen LogP contribution in [-0.2, 0) is 0 Å². The van der Waals surface area contributed by atoms with Gasteiger partial charge < -0.3 is 11.1 Å². The summed E-state index contributed by atoms with van der Waals surface area (Å²) in [5.41, 5.74) is 6.62. The number of rotatable bonds is 3. The van der Waals surface area contributed by atoms with E-state index in [1.165, 1.54) is 18.2 Å². The van der Waals surface area contributed by atoms with Gasteiger partial charge in [-0.25, -0.2) is 4.39 Å². The highest BCUT2D eigenvalue weighted by atomic mass is 19.1. The van der Waals surface area contributed by atoms with Crippen LogP contribution >= 0.6 is 0 Å². The molecule has 1 aromatic heterocycles. The number of carbonyl (C=O) groups is 1. The number of nitrogens with two attached hydrogens (primary N) is 1. The van der Waals surface area contributed by atoms with Crippen molar-refractivity contribution in [2.24, 2.45) is 0 Å². The van der Waals surface area contributed by atoms with Crippen molar-refractivity contribution >= 4 is 11.6 Å². The van der Waals surface area contributed by atoms with E-state index in [0.29, 0.717) is 5.56 Å². The summed E-state index contributed by atoms with van der Waals surface area (Å²) in [5.74, 6) is -0.833. The SMILES string of the molecule is CC(NC(=O)c1ccc(F)c(N)c1)c1cccnc1. The van der Waals surface area contributed by atoms with Crippen molar-refractivity contribution in [3.8, 4) is 0 Å². The first-order chi connectivity index (χ1) is 9.08. The third-order valence-electron chi connectivity index (χ3n) is 2.79. The summed E-state index contributed by atoms with van der Waals surface area (Å²) in [5, 5.41) is 2.80. The number of hydrogen-bond donors (Lipinski definition) is 2. The zero-order valence-corrected chi connectivity index (χ0v) is 10.4. The van der Waals surface area contributed by atoms with Gasteiger partial charge in [0.25, 0.3) is 5.91 Å². The molecule has 19 heavy (non-hydrogen) atoms. The molecule has 0 bridgehead atoms. The van der Waals surface area contributed by atoms with E-state index in [9.17, 15) is 9.18 Å². The number of pyridine rings is 1. The van der Waals surface area contributed by atoms with Gasteiger partial charge in [0, 0.05) is 18.0 Å². The van der Waals surface area contributed by atoms with Gasteiger partial charge in [-0.2, -0.15) is 0 Å². The molecule has 1 unspecified atom stereocenters. The molecule has 0 saturated carbocycles. The average molecular weight is 259 g/mol. The number of aromatic nitrogens is 1. The molecule has 0 aliphatic carbocycles. The Morgan fingerprint density at radius 1 is 1.42 bits per heavy atom. The Kier molecular flexibility index (Phi) is 3.75. The Morgan fingerprint density at radius 2 is 2.21 bits per heavy atom. The highest BCUT2D eigenvalue weighted by Crippen LogP contribution is 2.14. The molecule has 0 spiro atoms. The first-order valence-electron chi connectivity index (χ1n) is 5.83. The van der Waals surface area contributed by atoms with Crippen LogP contribution in [0.4, 0.5) is 10.1 Å². The second kappa shape index (κ2) is 5.48. The van der Waals surface area contributed by atoms with Gasteiger partial charge in [-0.3, -0.25) is 9.78 Å². The number of nitrogens with zero attached hydrogens (tertiary/aromatic N) is 1. The number of hydrogen-bond acceptors (Lipinski definition) is 3. The number of nitrogens with one attached hydrogen (secondary N) is 1. The minimum Gasteiger partial charge on any atom is -0.396 e. The maximum atomic E-state index is 13.0. The fourth-order valence-corrected chi connectivity index (χ4v) is 1.68. The van der Waals surface area contributed by atoms with Crippen molar-refractivity contribution < 1.29 is 9.18 Å². The summed E-state index contributed by atoms with van der Waals surface area (Å²) >= 11 is 0. The van der Waals surface area contributed by atoms with E-state index in [2.05, 4.69) is 10.3 Å². The van der Waals surface area contributed by atoms with E-state index in [-0.39, 0.29) is 17.6 Å². The van der Waals surface area contributed by atoms with Gasteiger partial charge in [-0.15, -0.1) is 0 Å². The fourth-order valence-electron chi connectivity index (χ4n) is 1.68. The summed E-state index contributed by atoms with van der Waals surface area (Å²) in [7, 11) is 0. The zero-order chi connectivity index (χ0) is 13.8. The largest absolute Gasteiger partial charge is 0.396 e. The third kappa shape index (κ3) is 3.07. The highest BCUT2D eigenvalue weighted by Gasteiger charge is 2.12. The highest BCUT2D eigenvalue weighted by molar-refractivity contribution is 5.95. The molecule has 5 heteroatoms. The lowest BCUT2D eigenvalue weighted by atomic mass is 10.1. The molecule has 3 N–H and O–H groups in total. The molecule has 0 fully saturated rings. The Balaban J connectivity index is 2.11. The van der Waals surface area contributed by atoms with Gasteiger partial charge in [0.05, 0.1) is 11.7 Å². The van der Waals surface area contributed by atoms with Gasteiger partial charge in [0.15, 0.2) is 0 Å². The average Bonchev–Trinajstić information content (AvgIpc) is 2.42. The van der Waals surface area contributed by atoms with Crippen LogP contribution in [0.5, 0.6) is 0 Å². The zero-order valence-electron chi connectivity index (χ0n) is 10.4. The smallest absolute Gasteiger partial charge is 0.251 e. The van der Waals surface area contributed by atoms with Gasteiger partial charge in [0.2, 0.25) is 0 Å². The molecule has 1 aromatic carbocycles. The minimum atomic E-state index is -0.531. The molecular formula is C14H14FN3O. The Hall–Kier alpha value is -2.43. The molecule has 0 radical (unpaired) electrons. The predicted molar refractivity (Wildman–Crippen MR) is 70.9 cm³/mol. The molecule has 0 aliphatic heterocycles. The Labute approximate surface area is 110 Å². The summed E-state index contributed by atoms with van der Waals surface area (Å²) in [6.07, 6.45) is 3.35. The van der Waals surface area contributed by atoms with Crippen molar-refractivity contribution in [1.82, 2.24) is 10.3 Å². The Bertz CT molecular complexity index is 586. The number of nitrogen functional groups attached to an aromatic ring is 1. The van der Waals surface area contributed by atoms with Crippen molar-refractivity contribution in [2.75, 3.05) is 5.73 Å². The summed E-state index contributed by atoms with van der Waals surface area (Å²) < 4.78 is 13.0. The molecule has 1 atom stereocenters. The van der Waals surface area contributed by atoms with Crippen LogP contribution in [0.3, 0.4) is 0 Å². The van der Waals surface area contributed by atoms with Gasteiger partial charge >= 0.3 is 0 Å².